The number of hydrogen-bond acceptors (Lipinski definition) is 6. The molecule has 0 aliphatic rings. The number of ether oxygens (including phenoxy) is 2. The van der Waals surface area contributed by atoms with E-state index in [0.717, 1.165) is 38.5 Å². The van der Waals surface area contributed by atoms with E-state index in [9.17, 15) is 22.6 Å². The lowest BCUT2D eigenvalue weighted by Gasteiger charge is -2.14. The molecule has 0 saturated heterocycles. The van der Waals surface area contributed by atoms with Crippen LogP contribution >= 0.6 is 0 Å². The fraction of sp³-hybridized carbons (Fsp3) is 0.931. The number of unbranched alkanes of at least 4 members (excludes halogenated alkanes) is 18. The Morgan fingerprint density at radius 3 is 1.32 bits per heavy atom. The molecule has 0 saturated carbocycles. The van der Waals surface area contributed by atoms with Gasteiger partial charge in [-0.05, 0) is 12.8 Å². The van der Waals surface area contributed by atoms with Crippen LogP contribution in [0.4, 0.5) is 0 Å². The molecular formula is C29H56O7S. The van der Waals surface area contributed by atoms with Gasteiger partial charge in [0.2, 0.25) is 0 Å². The maximum Gasteiger partial charge on any atom is 0.310 e. The van der Waals surface area contributed by atoms with Crippen molar-refractivity contribution in [3.8, 4) is 0 Å². The van der Waals surface area contributed by atoms with E-state index >= 15 is 0 Å². The van der Waals surface area contributed by atoms with Crippen LogP contribution in [0.15, 0.2) is 0 Å². The van der Waals surface area contributed by atoms with E-state index in [1.165, 1.54) is 83.5 Å². The fourth-order valence-corrected chi connectivity index (χ4v) is 5.14. The molecule has 0 aliphatic heterocycles. The van der Waals surface area contributed by atoms with Crippen LogP contribution < -0.4 is 0 Å². The predicted octanol–water partition coefficient (Wildman–Crippen LogP) is 7.81. The summed E-state index contributed by atoms with van der Waals surface area (Å²) < 4.78 is 42.3. The van der Waals surface area contributed by atoms with Gasteiger partial charge in [0, 0.05) is 0 Å². The fourth-order valence-electron chi connectivity index (χ4n) is 4.38. The van der Waals surface area contributed by atoms with Crippen molar-refractivity contribution in [1.82, 2.24) is 0 Å². The van der Waals surface area contributed by atoms with E-state index in [4.69, 9.17) is 9.47 Å². The highest BCUT2D eigenvalue weighted by Crippen LogP contribution is 2.14. The lowest BCUT2D eigenvalue weighted by molar-refractivity contribution is -0.154. The molecule has 1 N–H and O–H groups in total. The highest BCUT2D eigenvalue weighted by atomic mass is 32.2. The maximum absolute atomic E-state index is 12.4. The molecular weight excluding hydrogens is 492 g/mol. The van der Waals surface area contributed by atoms with E-state index < -0.39 is 40.1 Å². The summed E-state index contributed by atoms with van der Waals surface area (Å²) in [4.78, 5) is 24.5. The summed E-state index contributed by atoms with van der Waals surface area (Å²) in [6.07, 6.45) is 22.8. The molecule has 0 amide bonds. The van der Waals surface area contributed by atoms with Gasteiger partial charge in [-0.15, -0.1) is 0 Å². The van der Waals surface area contributed by atoms with Crippen LogP contribution in [-0.4, -0.2) is 43.9 Å². The second-order valence-corrected chi connectivity index (χ2v) is 11.9. The maximum atomic E-state index is 12.4. The van der Waals surface area contributed by atoms with Gasteiger partial charge in [0.15, 0.2) is 0 Å². The van der Waals surface area contributed by atoms with Crippen molar-refractivity contribution in [3.63, 3.8) is 0 Å². The summed E-state index contributed by atoms with van der Waals surface area (Å²) in [7, 11) is -4.42. The third-order valence-electron chi connectivity index (χ3n) is 6.66. The van der Waals surface area contributed by atoms with Crippen LogP contribution in [0.5, 0.6) is 0 Å². The first-order chi connectivity index (χ1) is 17.8. The van der Waals surface area contributed by atoms with E-state index in [0.29, 0.717) is 6.42 Å². The van der Waals surface area contributed by atoms with E-state index in [-0.39, 0.29) is 13.2 Å². The monoisotopic (exact) mass is 548 g/mol. The van der Waals surface area contributed by atoms with E-state index in [1.54, 1.807) is 0 Å². The molecule has 0 radical (unpaired) electrons. The second-order valence-electron chi connectivity index (χ2n) is 10.4. The Morgan fingerprint density at radius 1 is 0.595 bits per heavy atom. The van der Waals surface area contributed by atoms with Gasteiger partial charge in [-0.3, -0.25) is 14.1 Å². The van der Waals surface area contributed by atoms with Crippen molar-refractivity contribution in [2.75, 3.05) is 19.0 Å². The molecule has 0 fully saturated rings. The smallest absolute Gasteiger partial charge is 0.310 e. The number of carbonyl (C=O) groups is 2. The highest BCUT2D eigenvalue weighted by Gasteiger charge is 2.29. The molecule has 1 unspecified atom stereocenters. The summed E-state index contributed by atoms with van der Waals surface area (Å²) >= 11 is 0. The molecule has 0 aromatic rings. The van der Waals surface area contributed by atoms with Gasteiger partial charge in [-0.25, -0.2) is 0 Å². The zero-order valence-electron chi connectivity index (χ0n) is 23.9. The average Bonchev–Trinajstić information content (AvgIpc) is 2.84. The van der Waals surface area contributed by atoms with E-state index in [2.05, 4.69) is 13.8 Å². The third-order valence-corrected chi connectivity index (χ3v) is 7.48. The zero-order chi connectivity index (χ0) is 27.6. The van der Waals surface area contributed by atoms with Gasteiger partial charge in [-0.1, -0.05) is 129 Å². The summed E-state index contributed by atoms with van der Waals surface area (Å²) in [5.74, 6) is -3.50. The first-order valence-electron chi connectivity index (χ1n) is 15.1. The van der Waals surface area contributed by atoms with Crippen molar-refractivity contribution in [3.05, 3.63) is 0 Å². The van der Waals surface area contributed by atoms with Crippen molar-refractivity contribution >= 4 is 22.1 Å². The molecule has 37 heavy (non-hydrogen) atoms. The van der Waals surface area contributed by atoms with Gasteiger partial charge in [-0.2, -0.15) is 8.42 Å². The Balaban J connectivity index is 4.01. The first-order valence-corrected chi connectivity index (χ1v) is 16.7. The Hall–Kier alpha value is -1.15. The van der Waals surface area contributed by atoms with Crippen LogP contribution in [-0.2, 0) is 29.2 Å². The number of carbonyl (C=O) groups excluding carboxylic acids is 2. The SMILES string of the molecule is CCCCCCCCCCCCOC(=O)CC(CS(=O)(=O)O)C(=O)OCCCCCCCCCCCC. The van der Waals surface area contributed by atoms with Gasteiger partial charge in [0.1, 0.15) is 0 Å². The number of hydrogen-bond donors (Lipinski definition) is 1. The minimum Gasteiger partial charge on any atom is -0.466 e. The molecule has 0 aromatic carbocycles. The van der Waals surface area contributed by atoms with Crippen molar-refractivity contribution in [1.29, 1.82) is 0 Å². The Morgan fingerprint density at radius 2 is 0.946 bits per heavy atom. The summed E-state index contributed by atoms with van der Waals surface area (Å²) in [5, 5.41) is 0. The topological polar surface area (TPSA) is 107 Å². The summed E-state index contributed by atoms with van der Waals surface area (Å²) in [6, 6.07) is 0. The van der Waals surface area contributed by atoms with E-state index in [1.807, 2.05) is 0 Å². The standard InChI is InChI=1S/C29H56O7S/c1-3-5-7-9-11-13-15-17-19-21-23-35-28(30)25-27(26-37(32,33)34)29(31)36-24-22-20-18-16-14-12-10-8-6-4-2/h27H,3-26H2,1-2H3,(H,32,33,34). The Labute approximate surface area is 227 Å². The lowest BCUT2D eigenvalue weighted by atomic mass is 10.1. The quantitative estimate of drug-likeness (QED) is 0.0633. The molecule has 7 nitrogen and oxygen atoms in total. The average molecular weight is 549 g/mol. The Bertz CT molecular complexity index is 649. The van der Waals surface area contributed by atoms with Gasteiger partial charge < -0.3 is 9.47 Å². The summed E-state index contributed by atoms with van der Waals surface area (Å²) in [6.45, 7) is 4.86. The minimum atomic E-state index is -4.42. The number of rotatable bonds is 27. The van der Waals surface area contributed by atoms with Crippen molar-refractivity contribution in [2.24, 2.45) is 5.92 Å². The third kappa shape index (κ3) is 26.3. The van der Waals surface area contributed by atoms with Gasteiger partial charge >= 0.3 is 11.9 Å². The first kappa shape index (κ1) is 35.9. The molecule has 1 atom stereocenters. The molecule has 220 valence electrons. The normalized spacial score (nSPS) is 12.4. The van der Waals surface area contributed by atoms with Crippen LogP contribution in [0, 0.1) is 5.92 Å². The van der Waals surface area contributed by atoms with Crippen LogP contribution in [0.1, 0.15) is 149 Å². The summed E-state index contributed by atoms with van der Waals surface area (Å²) in [5.41, 5.74) is 0. The number of esters is 2. The second kappa shape index (κ2) is 25.1. The molecule has 0 rings (SSSR count). The largest absolute Gasteiger partial charge is 0.466 e. The minimum absolute atomic E-state index is 0.185. The molecule has 0 bridgehead atoms. The molecule has 0 heterocycles. The molecule has 0 aliphatic carbocycles. The molecule has 0 aromatic heterocycles. The van der Waals surface area contributed by atoms with Crippen LogP contribution in [0.3, 0.4) is 0 Å². The van der Waals surface area contributed by atoms with Gasteiger partial charge in [0.25, 0.3) is 10.1 Å². The predicted molar refractivity (Wildman–Crippen MR) is 150 cm³/mol. The Kier molecular flexibility index (Phi) is 24.4. The van der Waals surface area contributed by atoms with Gasteiger partial charge in [0.05, 0.1) is 31.3 Å². The van der Waals surface area contributed by atoms with Crippen molar-refractivity contribution < 1.29 is 32.0 Å². The molecule has 8 heteroatoms. The molecule has 0 spiro atoms. The van der Waals surface area contributed by atoms with Crippen molar-refractivity contribution in [2.45, 2.75) is 149 Å². The zero-order valence-corrected chi connectivity index (χ0v) is 24.7. The highest BCUT2D eigenvalue weighted by molar-refractivity contribution is 7.85. The van der Waals surface area contributed by atoms with Crippen LogP contribution in [0.25, 0.3) is 0 Å². The lowest BCUT2D eigenvalue weighted by Crippen LogP contribution is -2.29. The van der Waals surface area contributed by atoms with Crippen LogP contribution in [0.2, 0.25) is 0 Å².